The van der Waals surface area contributed by atoms with Crippen LogP contribution in [0.1, 0.15) is 17.0 Å². The highest BCUT2D eigenvalue weighted by atomic mass is 19.1. The highest BCUT2D eigenvalue weighted by Crippen LogP contribution is 2.21. The lowest BCUT2D eigenvalue weighted by molar-refractivity contribution is -0.129. The molecule has 2 aromatic heterocycles. The summed E-state index contributed by atoms with van der Waals surface area (Å²) in [4.78, 5) is 16.5. The zero-order valence-electron chi connectivity index (χ0n) is 18.3. The quantitative estimate of drug-likeness (QED) is 0.592. The van der Waals surface area contributed by atoms with Crippen LogP contribution in [-0.2, 0) is 18.1 Å². The highest BCUT2D eigenvalue weighted by molar-refractivity contribution is 5.83. The smallest absolute Gasteiger partial charge is 0.239 e. The fourth-order valence-electron chi connectivity index (χ4n) is 4.16. The van der Waals surface area contributed by atoms with Crippen molar-refractivity contribution in [1.29, 1.82) is 0 Å². The largest absolute Gasteiger partial charge is 0.470 e. The number of aromatic nitrogens is 5. The molecule has 1 amide bonds. The SMILES string of the molecule is Cc1nnn(-c2ccc(CF)cc2)c1COc1ccc(N2CCN3CCNC(=O)[C@@H]3C2)nn1. The molecular weight excluding hydrogens is 427 g/mol. The van der Waals surface area contributed by atoms with Crippen molar-refractivity contribution >= 4 is 11.7 Å². The Morgan fingerprint density at radius 2 is 1.94 bits per heavy atom. The number of nitrogens with one attached hydrogen (secondary N) is 1. The molecule has 1 atom stereocenters. The summed E-state index contributed by atoms with van der Waals surface area (Å²) in [7, 11) is 0. The number of aryl methyl sites for hydroxylation is 1. The molecule has 2 fully saturated rings. The van der Waals surface area contributed by atoms with Crippen molar-refractivity contribution < 1.29 is 13.9 Å². The molecule has 11 heteroatoms. The molecular formula is C22H25FN8O2. The number of hydrogen-bond acceptors (Lipinski definition) is 8. The number of hydrogen-bond donors (Lipinski definition) is 1. The van der Waals surface area contributed by atoms with Crippen LogP contribution in [0.2, 0.25) is 0 Å². The van der Waals surface area contributed by atoms with Crippen molar-refractivity contribution in [2.24, 2.45) is 0 Å². The van der Waals surface area contributed by atoms with Gasteiger partial charge in [-0.25, -0.2) is 9.07 Å². The summed E-state index contributed by atoms with van der Waals surface area (Å²) in [5.74, 6) is 1.17. The molecule has 0 radical (unpaired) electrons. The van der Waals surface area contributed by atoms with Crippen LogP contribution in [0.3, 0.4) is 0 Å². The van der Waals surface area contributed by atoms with Crippen molar-refractivity contribution in [2.75, 3.05) is 37.6 Å². The van der Waals surface area contributed by atoms with Gasteiger partial charge in [-0.3, -0.25) is 9.69 Å². The molecule has 0 aliphatic carbocycles. The summed E-state index contributed by atoms with van der Waals surface area (Å²) < 4.78 is 20.3. The lowest BCUT2D eigenvalue weighted by atomic mass is 10.1. The summed E-state index contributed by atoms with van der Waals surface area (Å²) >= 11 is 0. The monoisotopic (exact) mass is 452 g/mol. The molecule has 5 rings (SSSR count). The molecule has 10 nitrogen and oxygen atoms in total. The minimum absolute atomic E-state index is 0.0683. The molecule has 1 aromatic carbocycles. The molecule has 4 heterocycles. The van der Waals surface area contributed by atoms with Crippen LogP contribution in [0.15, 0.2) is 36.4 Å². The maximum atomic E-state index is 12.8. The molecule has 2 saturated heterocycles. The van der Waals surface area contributed by atoms with Gasteiger partial charge in [-0.15, -0.1) is 15.3 Å². The van der Waals surface area contributed by atoms with E-state index in [1.807, 2.05) is 13.0 Å². The first-order chi connectivity index (χ1) is 16.1. The van der Waals surface area contributed by atoms with Crippen molar-refractivity contribution in [3.05, 3.63) is 53.3 Å². The zero-order chi connectivity index (χ0) is 22.8. The van der Waals surface area contributed by atoms with Gasteiger partial charge in [0.2, 0.25) is 11.8 Å². The third-order valence-electron chi connectivity index (χ3n) is 6.09. The van der Waals surface area contributed by atoms with Crippen molar-refractivity contribution in [3.8, 4) is 11.6 Å². The molecule has 2 aliphatic rings. The van der Waals surface area contributed by atoms with Crippen molar-refractivity contribution in [2.45, 2.75) is 26.2 Å². The Kier molecular flexibility index (Phi) is 5.86. The van der Waals surface area contributed by atoms with E-state index in [0.29, 0.717) is 24.5 Å². The summed E-state index contributed by atoms with van der Waals surface area (Å²) in [6.07, 6.45) is 0. The van der Waals surface area contributed by atoms with Gasteiger partial charge >= 0.3 is 0 Å². The Morgan fingerprint density at radius 1 is 1.09 bits per heavy atom. The predicted octanol–water partition coefficient (Wildman–Crippen LogP) is 1.03. The van der Waals surface area contributed by atoms with Crippen LogP contribution in [0.4, 0.5) is 10.2 Å². The molecule has 3 aromatic rings. The number of anilines is 1. The first-order valence-electron chi connectivity index (χ1n) is 10.9. The average molecular weight is 452 g/mol. The molecule has 0 saturated carbocycles. The van der Waals surface area contributed by atoms with Gasteiger partial charge in [0.25, 0.3) is 0 Å². The number of rotatable bonds is 6. The van der Waals surface area contributed by atoms with E-state index in [0.717, 1.165) is 42.5 Å². The van der Waals surface area contributed by atoms with Gasteiger partial charge in [0, 0.05) is 38.8 Å². The molecule has 1 N–H and O–H groups in total. The van der Waals surface area contributed by atoms with E-state index in [1.54, 1.807) is 35.0 Å². The Labute approximate surface area is 190 Å². The number of halogens is 1. The summed E-state index contributed by atoms with van der Waals surface area (Å²) in [5.41, 5.74) is 2.89. The number of nitrogens with zero attached hydrogens (tertiary/aromatic N) is 7. The average Bonchev–Trinajstić information content (AvgIpc) is 3.23. The fraction of sp³-hybridized carbons (Fsp3) is 0.409. The van der Waals surface area contributed by atoms with Gasteiger partial charge in [0.15, 0.2) is 5.82 Å². The lowest BCUT2D eigenvalue weighted by Crippen LogP contribution is -2.64. The molecule has 33 heavy (non-hydrogen) atoms. The predicted molar refractivity (Wildman–Crippen MR) is 118 cm³/mol. The topological polar surface area (TPSA) is 101 Å². The second-order valence-electron chi connectivity index (χ2n) is 8.14. The van der Waals surface area contributed by atoms with Gasteiger partial charge in [-0.2, -0.15) is 0 Å². The summed E-state index contributed by atoms with van der Waals surface area (Å²) in [6.45, 7) is 5.35. The van der Waals surface area contributed by atoms with E-state index in [4.69, 9.17) is 4.74 Å². The number of carbonyl (C=O) groups is 1. The van der Waals surface area contributed by atoms with Gasteiger partial charge in [-0.1, -0.05) is 17.3 Å². The van der Waals surface area contributed by atoms with E-state index >= 15 is 0 Å². The van der Waals surface area contributed by atoms with Crippen molar-refractivity contribution in [1.82, 2.24) is 35.4 Å². The molecule has 0 unspecified atom stereocenters. The first kappa shape index (κ1) is 21.3. The Morgan fingerprint density at radius 3 is 2.70 bits per heavy atom. The zero-order valence-corrected chi connectivity index (χ0v) is 18.3. The number of benzene rings is 1. The van der Waals surface area contributed by atoms with Crippen molar-refractivity contribution in [3.63, 3.8) is 0 Å². The lowest BCUT2D eigenvalue weighted by Gasteiger charge is -2.43. The highest BCUT2D eigenvalue weighted by Gasteiger charge is 2.35. The van der Waals surface area contributed by atoms with Crippen LogP contribution in [-0.4, -0.2) is 74.8 Å². The summed E-state index contributed by atoms with van der Waals surface area (Å²) in [5, 5.41) is 19.8. The third kappa shape index (κ3) is 4.36. The van der Waals surface area contributed by atoms with Crippen LogP contribution < -0.4 is 15.0 Å². The molecule has 172 valence electrons. The second kappa shape index (κ2) is 9.10. The standard InChI is InChI=1S/C22H25FN8O2/c1-15-19(31(28-25-15)17-4-2-16(12-23)3-5-17)14-33-21-7-6-20(26-27-21)30-11-10-29-9-8-24-22(32)18(29)13-30/h2-7,18H,8-14H2,1H3,(H,24,32)/t18-/m0/s1. The maximum Gasteiger partial charge on any atom is 0.239 e. The van der Waals surface area contributed by atoms with Crippen LogP contribution >= 0.6 is 0 Å². The van der Waals surface area contributed by atoms with Gasteiger partial charge in [0.05, 0.1) is 11.4 Å². The summed E-state index contributed by atoms with van der Waals surface area (Å²) in [6, 6.07) is 10.5. The fourth-order valence-corrected chi connectivity index (χ4v) is 4.16. The number of alkyl halides is 1. The number of ether oxygens (including phenoxy) is 1. The second-order valence-corrected chi connectivity index (χ2v) is 8.14. The minimum Gasteiger partial charge on any atom is -0.470 e. The maximum absolute atomic E-state index is 12.8. The normalized spacial score (nSPS) is 18.7. The Bertz CT molecular complexity index is 1120. The van der Waals surface area contributed by atoms with Crippen LogP contribution in [0.5, 0.6) is 5.88 Å². The van der Waals surface area contributed by atoms with Gasteiger partial charge in [0.1, 0.15) is 25.0 Å². The molecule has 0 bridgehead atoms. The molecule has 0 spiro atoms. The number of amides is 1. The van der Waals surface area contributed by atoms with E-state index in [2.05, 4.69) is 35.6 Å². The van der Waals surface area contributed by atoms with Gasteiger partial charge in [-0.05, 0) is 30.7 Å². The first-order valence-corrected chi connectivity index (χ1v) is 10.9. The van der Waals surface area contributed by atoms with E-state index < -0.39 is 6.67 Å². The number of fused-ring (bicyclic) bond motifs is 1. The molecule has 2 aliphatic heterocycles. The number of carbonyl (C=O) groups excluding carboxylic acids is 1. The van der Waals surface area contributed by atoms with Crippen LogP contribution in [0.25, 0.3) is 5.69 Å². The van der Waals surface area contributed by atoms with E-state index in [1.165, 1.54) is 0 Å². The Hall–Kier alpha value is -3.60. The van der Waals surface area contributed by atoms with Crippen LogP contribution in [0, 0.1) is 6.92 Å². The van der Waals surface area contributed by atoms with E-state index in [-0.39, 0.29) is 18.6 Å². The third-order valence-corrected chi connectivity index (χ3v) is 6.09. The van der Waals surface area contributed by atoms with E-state index in [9.17, 15) is 9.18 Å². The van der Waals surface area contributed by atoms with Gasteiger partial charge < -0.3 is 15.0 Å². The minimum atomic E-state index is -0.509. The number of piperazine rings is 2. The Balaban J connectivity index is 1.24.